The van der Waals surface area contributed by atoms with Crippen LogP contribution in [0.3, 0.4) is 0 Å². The summed E-state index contributed by atoms with van der Waals surface area (Å²) in [6.45, 7) is 0. The molecule has 0 aliphatic rings. The van der Waals surface area contributed by atoms with Gasteiger partial charge >= 0.3 is 5.97 Å². The molecule has 0 heterocycles. The maximum Gasteiger partial charge on any atom is 0.326 e. The molecule has 0 aromatic heterocycles. The Morgan fingerprint density at radius 1 is 0.780 bits per heavy atom. The molecule has 2 rings (SSSR count). The highest BCUT2D eigenvalue weighted by molar-refractivity contribution is 7.98. The summed E-state index contributed by atoms with van der Waals surface area (Å²) in [5.74, 6) is -3.41. The molecule has 0 spiro atoms. The number of thioether (sulfide) groups is 1. The van der Waals surface area contributed by atoms with Crippen LogP contribution >= 0.6 is 11.8 Å². The molecule has 13 heteroatoms. The van der Waals surface area contributed by atoms with E-state index in [-0.39, 0.29) is 37.9 Å². The fraction of sp³-hybridized carbons (Fsp3) is 0.393. The second-order valence-electron chi connectivity index (χ2n) is 9.48. The number of carbonyl (C=O) groups excluding carboxylic acids is 4. The van der Waals surface area contributed by atoms with Gasteiger partial charge in [0.05, 0.1) is 6.04 Å². The van der Waals surface area contributed by atoms with Gasteiger partial charge < -0.3 is 37.6 Å². The second kappa shape index (κ2) is 16.9. The molecule has 0 aliphatic carbocycles. The lowest BCUT2D eigenvalue weighted by molar-refractivity contribution is -0.142. The highest BCUT2D eigenvalue weighted by Crippen LogP contribution is 2.13. The molecule has 222 valence electrons. The van der Waals surface area contributed by atoms with Gasteiger partial charge in [-0.1, -0.05) is 42.5 Å². The molecule has 4 amide bonds. The molecule has 2 aromatic carbocycles. The number of aliphatic carboxylic acids is 1. The van der Waals surface area contributed by atoms with Crippen LogP contribution < -0.4 is 27.4 Å². The summed E-state index contributed by atoms with van der Waals surface area (Å²) in [5, 5.41) is 27.0. The van der Waals surface area contributed by atoms with Gasteiger partial charge in [0.15, 0.2) is 0 Å². The van der Waals surface area contributed by atoms with Gasteiger partial charge in [0, 0.05) is 19.3 Å². The molecular weight excluding hydrogens is 550 g/mol. The predicted molar refractivity (Wildman–Crippen MR) is 155 cm³/mol. The van der Waals surface area contributed by atoms with E-state index in [1.807, 2.05) is 6.26 Å². The number of rotatable bonds is 17. The quantitative estimate of drug-likeness (QED) is 0.133. The van der Waals surface area contributed by atoms with Crippen LogP contribution in [0.5, 0.6) is 5.75 Å². The zero-order valence-corrected chi connectivity index (χ0v) is 23.6. The molecule has 0 aliphatic heterocycles. The molecule has 0 bridgehead atoms. The lowest BCUT2D eigenvalue weighted by atomic mass is 10.0. The molecule has 2 aromatic rings. The Kier molecular flexibility index (Phi) is 13.6. The number of phenolic OH excluding ortho intramolecular Hbond substituents is 1. The van der Waals surface area contributed by atoms with Crippen LogP contribution in [0.25, 0.3) is 0 Å². The zero-order chi connectivity index (χ0) is 30.4. The number of aromatic hydroxyl groups is 1. The number of benzene rings is 2. The van der Waals surface area contributed by atoms with Gasteiger partial charge in [0.1, 0.15) is 23.9 Å². The third kappa shape index (κ3) is 11.9. The van der Waals surface area contributed by atoms with E-state index < -0.39 is 53.8 Å². The molecule has 4 unspecified atom stereocenters. The summed E-state index contributed by atoms with van der Waals surface area (Å²) < 4.78 is 0. The minimum absolute atomic E-state index is 0.0140. The summed E-state index contributed by atoms with van der Waals surface area (Å²) in [5.41, 5.74) is 12.4. The molecule has 0 saturated heterocycles. The maximum atomic E-state index is 13.5. The fourth-order valence-electron chi connectivity index (χ4n) is 3.88. The number of carbonyl (C=O) groups is 5. The van der Waals surface area contributed by atoms with Gasteiger partial charge in [-0.05, 0) is 48.1 Å². The zero-order valence-electron chi connectivity index (χ0n) is 22.7. The fourth-order valence-corrected chi connectivity index (χ4v) is 4.35. The number of carboxylic acid groups (broad SMARTS) is 1. The van der Waals surface area contributed by atoms with Gasteiger partial charge in [-0.15, -0.1) is 0 Å². The first-order chi connectivity index (χ1) is 19.5. The van der Waals surface area contributed by atoms with Crippen molar-refractivity contribution in [3.8, 4) is 5.75 Å². The van der Waals surface area contributed by atoms with E-state index in [4.69, 9.17) is 11.5 Å². The van der Waals surface area contributed by atoms with E-state index in [9.17, 15) is 34.2 Å². The molecule has 0 radical (unpaired) electrons. The first-order valence-electron chi connectivity index (χ1n) is 13.0. The first kappa shape index (κ1) is 33.1. The van der Waals surface area contributed by atoms with Crippen LogP contribution in [-0.2, 0) is 36.8 Å². The van der Waals surface area contributed by atoms with E-state index in [1.54, 1.807) is 42.5 Å². The third-order valence-electron chi connectivity index (χ3n) is 6.19. The molecule has 0 fully saturated rings. The van der Waals surface area contributed by atoms with Crippen molar-refractivity contribution >= 4 is 41.4 Å². The Hall–Kier alpha value is -4.10. The van der Waals surface area contributed by atoms with E-state index in [0.717, 1.165) is 5.56 Å². The SMILES string of the molecule is CSCCC(NC(=O)C(Cc1ccc(O)cc1)NC(=O)C(Cc1ccccc1)NC(=O)C(N)CCC(N)=O)C(=O)O. The van der Waals surface area contributed by atoms with E-state index in [2.05, 4.69) is 16.0 Å². The largest absolute Gasteiger partial charge is 0.508 e. The smallest absolute Gasteiger partial charge is 0.326 e. The third-order valence-corrected chi connectivity index (χ3v) is 6.83. The highest BCUT2D eigenvalue weighted by atomic mass is 32.2. The Morgan fingerprint density at radius 3 is 1.80 bits per heavy atom. The number of amides is 4. The summed E-state index contributed by atoms with van der Waals surface area (Å²) >= 11 is 1.43. The summed E-state index contributed by atoms with van der Waals surface area (Å²) in [6, 6.07) is 10.3. The molecule has 9 N–H and O–H groups in total. The Labute approximate surface area is 242 Å². The summed E-state index contributed by atoms with van der Waals surface area (Å²) in [6.07, 6.45) is 1.92. The number of nitrogens with two attached hydrogens (primary N) is 2. The van der Waals surface area contributed by atoms with Crippen LogP contribution in [0.15, 0.2) is 54.6 Å². The molecular formula is C28H37N5O7S. The monoisotopic (exact) mass is 587 g/mol. The van der Waals surface area contributed by atoms with Crippen molar-refractivity contribution < 1.29 is 34.2 Å². The Morgan fingerprint density at radius 2 is 1.29 bits per heavy atom. The van der Waals surface area contributed by atoms with Gasteiger partial charge in [-0.3, -0.25) is 19.2 Å². The minimum Gasteiger partial charge on any atom is -0.508 e. The molecule has 41 heavy (non-hydrogen) atoms. The van der Waals surface area contributed by atoms with Crippen molar-refractivity contribution in [3.63, 3.8) is 0 Å². The van der Waals surface area contributed by atoms with Crippen LogP contribution in [-0.4, -0.2) is 76.0 Å². The van der Waals surface area contributed by atoms with E-state index in [0.29, 0.717) is 11.3 Å². The van der Waals surface area contributed by atoms with Crippen molar-refractivity contribution in [1.82, 2.24) is 16.0 Å². The number of primary amides is 1. The average molecular weight is 588 g/mol. The predicted octanol–water partition coefficient (Wildman–Crippen LogP) is 0.0623. The highest BCUT2D eigenvalue weighted by Gasteiger charge is 2.30. The topological polar surface area (TPSA) is 214 Å². The first-order valence-corrected chi connectivity index (χ1v) is 14.4. The minimum atomic E-state index is -1.21. The van der Waals surface area contributed by atoms with Crippen LogP contribution in [0.4, 0.5) is 0 Å². The van der Waals surface area contributed by atoms with Gasteiger partial charge in [0.2, 0.25) is 23.6 Å². The lowest BCUT2D eigenvalue weighted by Gasteiger charge is -2.25. The van der Waals surface area contributed by atoms with E-state index in [1.165, 1.54) is 23.9 Å². The number of phenols is 1. The van der Waals surface area contributed by atoms with Crippen molar-refractivity contribution in [2.75, 3.05) is 12.0 Å². The molecule has 4 atom stereocenters. The van der Waals surface area contributed by atoms with Gasteiger partial charge in [0.25, 0.3) is 0 Å². The number of hydrogen-bond donors (Lipinski definition) is 7. The average Bonchev–Trinajstić information content (AvgIpc) is 2.94. The number of carboxylic acids is 1. The van der Waals surface area contributed by atoms with Crippen molar-refractivity contribution in [3.05, 3.63) is 65.7 Å². The standard InChI is InChI=1S/C28H37N5O7S/c1-41-14-13-21(28(39)40)31-26(37)23(16-18-7-9-19(34)10-8-18)33-27(38)22(15-17-5-3-2-4-6-17)32-25(36)20(29)11-12-24(30)35/h2-10,20-23,34H,11-16,29H2,1H3,(H2,30,35)(H,31,37)(H,32,36)(H,33,38)(H,39,40). The van der Waals surface area contributed by atoms with E-state index >= 15 is 0 Å². The normalized spacial score (nSPS) is 13.7. The van der Waals surface area contributed by atoms with Crippen LogP contribution in [0, 0.1) is 0 Å². The second-order valence-corrected chi connectivity index (χ2v) is 10.5. The van der Waals surface area contributed by atoms with Crippen molar-refractivity contribution in [2.45, 2.75) is 56.3 Å². The molecule has 0 saturated carbocycles. The Bertz CT molecular complexity index is 1180. The summed E-state index contributed by atoms with van der Waals surface area (Å²) in [7, 11) is 0. The van der Waals surface area contributed by atoms with Crippen LogP contribution in [0.1, 0.15) is 30.4 Å². The Balaban J connectivity index is 2.30. The summed E-state index contributed by atoms with van der Waals surface area (Å²) in [4.78, 5) is 62.5. The van der Waals surface area contributed by atoms with Gasteiger partial charge in [-0.2, -0.15) is 11.8 Å². The van der Waals surface area contributed by atoms with Crippen LogP contribution in [0.2, 0.25) is 0 Å². The van der Waals surface area contributed by atoms with Crippen molar-refractivity contribution in [1.29, 1.82) is 0 Å². The van der Waals surface area contributed by atoms with Crippen molar-refractivity contribution in [2.24, 2.45) is 11.5 Å². The maximum absolute atomic E-state index is 13.5. The number of hydrogen-bond acceptors (Lipinski definition) is 8. The van der Waals surface area contributed by atoms with Gasteiger partial charge in [-0.25, -0.2) is 4.79 Å². The molecule has 12 nitrogen and oxygen atoms in total. The number of nitrogens with one attached hydrogen (secondary N) is 3. The lowest BCUT2D eigenvalue weighted by Crippen LogP contribution is -2.58.